The van der Waals surface area contributed by atoms with Gasteiger partial charge in [0.1, 0.15) is 12.5 Å². The third-order valence-electron chi connectivity index (χ3n) is 2.88. The molecule has 5 nitrogen and oxygen atoms in total. The summed E-state index contributed by atoms with van der Waals surface area (Å²) in [7, 11) is -3.42. The number of sulfone groups is 1. The molecule has 0 aliphatic rings. The van der Waals surface area contributed by atoms with Gasteiger partial charge in [0.15, 0.2) is 9.84 Å². The molecule has 0 atom stereocenters. The second kappa shape index (κ2) is 7.61. The maximum atomic E-state index is 11.9. The van der Waals surface area contributed by atoms with Crippen LogP contribution in [0.15, 0.2) is 60.7 Å². The molecular weight excluding hydrogens is 302 g/mol. The fourth-order valence-electron chi connectivity index (χ4n) is 1.82. The third kappa shape index (κ3) is 5.57. The van der Waals surface area contributed by atoms with Crippen LogP contribution in [0.1, 0.15) is 11.1 Å². The lowest BCUT2D eigenvalue weighted by molar-refractivity contribution is 0.141. The van der Waals surface area contributed by atoms with E-state index in [2.05, 4.69) is 5.32 Å². The molecule has 0 heterocycles. The van der Waals surface area contributed by atoms with E-state index in [-0.39, 0.29) is 12.4 Å². The summed E-state index contributed by atoms with van der Waals surface area (Å²) in [6.07, 6.45) is -0.750. The van der Waals surface area contributed by atoms with Gasteiger partial charge in [-0.15, -0.1) is 0 Å². The van der Waals surface area contributed by atoms with Crippen molar-refractivity contribution in [1.29, 1.82) is 0 Å². The first-order chi connectivity index (χ1) is 10.6. The number of benzene rings is 2. The molecule has 22 heavy (non-hydrogen) atoms. The normalized spacial score (nSPS) is 10.9. The smallest absolute Gasteiger partial charge is 0.408 e. The lowest BCUT2D eigenvalue weighted by atomic mass is 10.2. The van der Waals surface area contributed by atoms with E-state index in [9.17, 15) is 13.2 Å². The van der Waals surface area contributed by atoms with Crippen molar-refractivity contribution in [3.63, 3.8) is 0 Å². The molecule has 2 aromatic rings. The van der Waals surface area contributed by atoms with Crippen molar-refractivity contribution in [3.8, 4) is 0 Å². The van der Waals surface area contributed by atoms with Crippen LogP contribution < -0.4 is 5.32 Å². The first-order valence-corrected chi connectivity index (χ1v) is 8.56. The van der Waals surface area contributed by atoms with E-state index in [1.54, 1.807) is 24.3 Å². The Hall–Kier alpha value is -2.34. The van der Waals surface area contributed by atoms with Crippen LogP contribution in [0, 0.1) is 0 Å². The SMILES string of the molecule is O=C(NCS(=O)(=O)Cc1ccccc1)OCc1ccccc1. The lowest BCUT2D eigenvalue weighted by Crippen LogP contribution is -2.30. The molecule has 0 saturated carbocycles. The summed E-state index contributed by atoms with van der Waals surface area (Å²) >= 11 is 0. The van der Waals surface area contributed by atoms with Gasteiger partial charge in [0, 0.05) is 0 Å². The van der Waals surface area contributed by atoms with Crippen LogP contribution in [0.5, 0.6) is 0 Å². The molecule has 0 fully saturated rings. The molecule has 6 heteroatoms. The van der Waals surface area contributed by atoms with Gasteiger partial charge in [-0.3, -0.25) is 0 Å². The molecule has 0 aliphatic heterocycles. The van der Waals surface area contributed by atoms with Gasteiger partial charge in [0.2, 0.25) is 0 Å². The minimum absolute atomic E-state index is 0.103. The van der Waals surface area contributed by atoms with Gasteiger partial charge in [-0.2, -0.15) is 0 Å². The maximum absolute atomic E-state index is 11.9. The highest BCUT2D eigenvalue weighted by Crippen LogP contribution is 2.05. The Labute approximate surface area is 129 Å². The molecule has 0 aliphatic carbocycles. The summed E-state index contributed by atoms with van der Waals surface area (Å²) in [5.74, 6) is -0.567. The van der Waals surface area contributed by atoms with E-state index in [4.69, 9.17) is 4.74 Å². The first-order valence-electron chi connectivity index (χ1n) is 6.74. The predicted octanol–water partition coefficient (Wildman–Crippen LogP) is 2.49. The second-order valence-corrected chi connectivity index (χ2v) is 6.82. The van der Waals surface area contributed by atoms with E-state index in [1.165, 1.54) is 0 Å². The van der Waals surface area contributed by atoms with Crippen molar-refractivity contribution in [2.24, 2.45) is 0 Å². The fraction of sp³-hybridized carbons (Fsp3) is 0.188. The summed E-state index contributed by atoms with van der Waals surface area (Å²) in [5.41, 5.74) is 1.52. The number of carbonyl (C=O) groups excluding carboxylic acids is 1. The number of alkyl carbamates (subject to hydrolysis) is 1. The highest BCUT2D eigenvalue weighted by molar-refractivity contribution is 7.90. The van der Waals surface area contributed by atoms with Crippen LogP contribution in [0.25, 0.3) is 0 Å². The summed E-state index contributed by atoms with van der Waals surface area (Å²) in [6.45, 7) is 0.103. The summed E-state index contributed by atoms with van der Waals surface area (Å²) in [4.78, 5) is 11.5. The number of carbonyl (C=O) groups is 1. The van der Waals surface area contributed by atoms with Crippen LogP contribution in [-0.4, -0.2) is 20.4 Å². The van der Waals surface area contributed by atoms with Crippen LogP contribution in [0.2, 0.25) is 0 Å². The van der Waals surface area contributed by atoms with Gasteiger partial charge in [0.25, 0.3) is 0 Å². The zero-order valence-corrected chi connectivity index (χ0v) is 12.8. The van der Waals surface area contributed by atoms with Crippen molar-refractivity contribution >= 4 is 15.9 Å². The quantitative estimate of drug-likeness (QED) is 0.888. The second-order valence-electron chi connectivity index (χ2n) is 4.76. The van der Waals surface area contributed by atoms with E-state index < -0.39 is 21.8 Å². The monoisotopic (exact) mass is 319 g/mol. The Kier molecular flexibility index (Phi) is 5.55. The molecule has 0 aromatic heterocycles. The van der Waals surface area contributed by atoms with Crippen LogP contribution in [0.3, 0.4) is 0 Å². The molecular formula is C16H17NO4S. The third-order valence-corrected chi connectivity index (χ3v) is 4.24. The minimum Gasteiger partial charge on any atom is -0.445 e. The number of hydrogen-bond donors (Lipinski definition) is 1. The van der Waals surface area contributed by atoms with Gasteiger partial charge < -0.3 is 10.1 Å². The largest absolute Gasteiger partial charge is 0.445 e. The number of nitrogens with one attached hydrogen (secondary N) is 1. The van der Waals surface area contributed by atoms with Gasteiger partial charge in [-0.25, -0.2) is 13.2 Å². The zero-order chi connectivity index (χ0) is 15.8. The predicted molar refractivity (Wildman–Crippen MR) is 83.7 cm³/mol. The number of hydrogen-bond acceptors (Lipinski definition) is 4. The molecule has 0 bridgehead atoms. The van der Waals surface area contributed by atoms with E-state index >= 15 is 0 Å². The minimum atomic E-state index is -3.42. The first kappa shape index (κ1) is 16.0. The van der Waals surface area contributed by atoms with Crippen molar-refractivity contribution in [2.45, 2.75) is 12.4 Å². The molecule has 0 unspecified atom stereocenters. The summed E-state index contributed by atoms with van der Waals surface area (Å²) in [5, 5.41) is 2.26. The molecule has 116 valence electrons. The topological polar surface area (TPSA) is 72.5 Å². The summed E-state index contributed by atoms with van der Waals surface area (Å²) in [6, 6.07) is 18.0. The highest BCUT2D eigenvalue weighted by Gasteiger charge is 2.14. The van der Waals surface area contributed by atoms with Crippen molar-refractivity contribution in [3.05, 3.63) is 71.8 Å². The number of amides is 1. The Balaban J connectivity index is 1.78. The van der Waals surface area contributed by atoms with Gasteiger partial charge in [-0.1, -0.05) is 60.7 Å². The average Bonchev–Trinajstić information content (AvgIpc) is 2.53. The summed E-state index contributed by atoms with van der Waals surface area (Å²) < 4.78 is 28.8. The molecule has 0 radical (unpaired) electrons. The van der Waals surface area contributed by atoms with E-state index in [1.807, 2.05) is 36.4 Å². The Morgan fingerprint density at radius 2 is 1.45 bits per heavy atom. The van der Waals surface area contributed by atoms with Crippen LogP contribution >= 0.6 is 0 Å². The lowest BCUT2D eigenvalue weighted by Gasteiger charge is -2.08. The van der Waals surface area contributed by atoms with E-state index in [0.29, 0.717) is 5.56 Å². The van der Waals surface area contributed by atoms with Crippen LogP contribution in [-0.2, 0) is 26.9 Å². The molecule has 0 spiro atoms. The van der Waals surface area contributed by atoms with E-state index in [0.717, 1.165) is 5.56 Å². The van der Waals surface area contributed by atoms with Gasteiger partial charge in [-0.05, 0) is 11.1 Å². The molecule has 2 rings (SSSR count). The number of ether oxygens (including phenoxy) is 1. The highest BCUT2D eigenvalue weighted by atomic mass is 32.2. The zero-order valence-electron chi connectivity index (χ0n) is 11.9. The maximum Gasteiger partial charge on any atom is 0.408 e. The molecule has 1 amide bonds. The standard InChI is InChI=1S/C16H17NO4S/c18-16(21-11-14-7-3-1-4-8-14)17-13-22(19,20)12-15-9-5-2-6-10-15/h1-10H,11-13H2,(H,17,18). The molecule has 1 N–H and O–H groups in total. The Bertz CT molecular complexity index is 699. The fourth-order valence-corrected chi connectivity index (χ4v) is 2.96. The van der Waals surface area contributed by atoms with Crippen molar-refractivity contribution in [1.82, 2.24) is 5.32 Å². The van der Waals surface area contributed by atoms with Crippen LogP contribution in [0.4, 0.5) is 4.79 Å². The average molecular weight is 319 g/mol. The van der Waals surface area contributed by atoms with Gasteiger partial charge >= 0.3 is 6.09 Å². The van der Waals surface area contributed by atoms with Crippen molar-refractivity contribution in [2.75, 3.05) is 5.88 Å². The Morgan fingerprint density at radius 1 is 0.909 bits per heavy atom. The Morgan fingerprint density at radius 3 is 2.05 bits per heavy atom. The van der Waals surface area contributed by atoms with Gasteiger partial charge in [0.05, 0.1) is 5.75 Å². The number of rotatable bonds is 6. The molecule has 2 aromatic carbocycles. The van der Waals surface area contributed by atoms with Crippen molar-refractivity contribution < 1.29 is 17.9 Å². The molecule has 0 saturated heterocycles.